The first-order valence-corrected chi connectivity index (χ1v) is 18.2. The van der Waals surface area contributed by atoms with E-state index in [0.29, 0.717) is 41.0 Å². The third-order valence-corrected chi connectivity index (χ3v) is 9.96. The first-order chi connectivity index (χ1) is 23.8. The van der Waals surface area contributed by atoms with Crippen LogP contribution >= 0.6 is 34.0 Å². The normalized spacial score (nSPS) is 14.6. The fourth-order valence-corrected chi connectivity index (χ4v) is 7.22. The van der Waals surface area contributed by atoms with Crippen LogP contribution in [0.4, 0.5) is 11.4 Å². The number of rotatable bonds is 10. The van der Waals surface area contributed by atoms with E-state index in [9.17, 15) is 24.0 Å². The minimum atomic E-state index is -0.958. The number of thiophene rings is 3. The molecule has 6 rings (SSSR count). The van der Waals surface area contributed by atoms with E-state index in [0.717, 1.165) is 22.4 Å². The largest absolute Gasteiger partial charge is 0.340 e. The number of carbonyl (C=O) groups excluding carboxylic acids is 5. The smallest absolute Gasteiger partial charge is 0.265 e. The van der Waals surface area contributed by atoms with Gasteiger partial charge in [0, 0.05) is 28.2 Å². The molecule has 0 spiro atoms. The van der Waals surface area contributed by atoms with E-state index in [1.165, 1.54) is 34.0 Å². The average Bonchev–Trinajstić information content (AvgIpc) is 3.96. The van der Waals surface area contributed by atoms with Gasteiger partial charge in [0.2, 0.25) is 5.91 Å². The number of nitrogens with zero attached hydrogens (tertiary/aromatic N) is 2. The van der Waals surface area contributed by atoms with Gasteiger partial charge in [-0.05, 0) is 96.1 Å². The van der Waals surface area contributed by atoms with Crippen LogP contribution in [0, 0.1) is 12.1 Å². The number of anilines is 2. The number of hydrogen-bond donors (Lipinski definition) is 2. The summed E-state index contributed by atoms with van der Waals surface area (Å²) < 4.78 is 0. The Morgan fingerprint density at radius 2 is 1.51 bits per heavy atom. The molecule has 1 fully saturated rings. The maximum atomic E-state index is 13.6. The molecule has 1 aliphatic rings. The van der Waals surface area contributed by atoms with Crippen molar-refractivity contribution in [3.05, 3.63) is 127 Å². The van der Waals surface area contributed by atoms with E-state index in [2.05, 4.69) is 22.8 Å². The van der Waals surface area contributed by atoms with Crippen molar-refractivity contribution in [2.75, 3.05) is 16.8 Å². The van der Waals surface area contributed by atoms with Crippen molar-refractivity contribution >= 4 is 87.1 Å². The molecule has 0 radical (unpaired) electrons. The Kier molecular flexibility index (Phi) is 10.4. The molecule has 49 heavy (non-hydrogen) atoms. The molecule has 0 saturated carbocycles. The Hall–Kier alpha value is -5.35. The van der Waals surface area contributed by atoms with Crippen molar-refractivity contribution in [3.63, 3.8) is 0 Å². The van der Waals surface area contributed by atoms with Crippen molar-refractivity contribution in [2.45, 2.75) is 31.8 Å². The number of amides is 5. The molecule has 9 nitrogen and oxygen atoms in total. The summed E-state index contributed by atoms with van der Waals surface area (Å²) in [6, 6.07) is 20.1. The fraction of sp³-hybridized carbons (Fsp3) is 0.162. The van der Waals surface area contributed by atoms with Crippen molar-refractivity contribution in [2.24, 2.45) is 0 Å². The second-order valence-corrected chi connectivity index (χ2v) is 13.6. The number of benzene rings is 1. The van der Waals surface area contributed by atoms with E-state index in [-0.39, 0.29) is 11.8 Å². The molecule has 5 aromatic rings. The monoisotopic (exact) mass is 706 g/mol. The molecular weight excluding hydrogens is 677 g/mol. The molecule has 3 aromatic heterocycles. The predicted molar refractivity (Wildman–Crippen MR) is 194 cm³/mol. The van der Waals surface area contributed by atoms with Gasteiger partial charge in [-0.25, -0.2) is 4.90 Å². The van der Waals surface area contributed by atoms with Crippen LogP contribution in [0.2, 0.25) is 0 Å². The number of imide groups is 1. The number of carbonyl (C=O) groups is 5. The SMILES string of the molecule is C[C@H](NC(=O)c1ccsc1)C(=O)N(C(=O)c1ccsc1)c1ccc(/C=C/c2c#cc(NC(=O)[C@@H]3CCCN3C(=O)c3ccsc3)cc2)cc1. The lowest BCUT2D eigenvalue weighted by molar-refractivity contribution is -0.120. The second-order valence-electron chi connectivity index (χ2n) is 11.2. The molecule has 12 heteroatoms. The van der Waals surface area contributed by atoms with Crippen molar-refractivity contribution in [1.82, 2.24) is 10.2 Å². The number of likely N-dealkylation sites (tertiary alicyclic amines) is 1. The number of hydrogen-bond acceptors (Lipinski definition) is 8. The van der Waals surface area contributed by atoms with Gasteiger partial charge in [0.1, 0.15) is 12.1 Å². The van der Waals surface area contributed by atoms with Gasteiger partial charge in [0.25, 0.3) is 23.6 Å². The summed E-state index contributed by atoms with van der Waals surface area (Å²) >= 11 is 4.17. The van der Waals surface area contributed by atoms with Crippen LogP contribution in [0.5, 0.6) is 0 Å². The standard InChI is InChI=1S/C37H30N4O5S3/c1-24(38-33(42)27-14-18-47-21-27)35(44)41(37(46)29-16-20-49-23-29)31-12-8-26(9-13-31)5-4-25-6-10-30(11-7-25)39-34(43)32-3-2-17-40(32)36(45)28-15-19-48-22-28/h4-6,8-10,12-16,18-24,32H,2-3,17H2,1H3,(H,38,42)(H,39,43)/b5-4+/t24-,32-/m0/s1. The molecule has 1 saturated heterocycles. The molecule has 0 unspecified atom stereocenters. The molecule has 2 aromatic carbocycles. The highest BCUT2D eigenvalue weighted by molar-refractivity contribution is 7.08. The average molecular weight is 707 g/mol. The van der Waals surface area contributed by atoms with Gasteiger partial charge in [-0.2, -0.15) is 34.0 Å². The van der Waals surface area contributed by atoms with Crippen LogP contribution in [0.25, 0.3) is 12.2 Å². The Morgan fingerprint density at radius 3 is 2.14 bits per heavy atom. The van der Waals surface area contributed by atoms with Gasteiger partial charge in [-0.3, -0.25) is 24.0 Å². The van der Waals surface area contributed by atoms with Crippen molar-refractivity contribution in [3.8, 4) is 0 Å². The summed E-state index contributed by atoms with van der Waals surface area (Å²) in [6.45, 7) is 2.10. The van der Waals surface area contributed by atoms with Crippen LogP contribution < -0.4 is 15.5 Å². The lowest BCUT2D eigenvalue weighted by atomic mass is 10.1. The minimum Gasteiger partial charge on any atom is -0.340 e. The molecule has 2 N–H and O–H groups in total. The molecule has 246 valence electrons. The fourth-order valence-electron chi connectivity index (χ4n) is 5.33. The van der Waals surface area contributed by atoms with E-state index in [4.69, 9.17) is 0 Å². The van der Waals surface area contributed by atoms with Gasteiger partial charge in [0.05, 0.1) is 28.1 Å². The van der Waals surface area contributed by atoms with Crippen LogP contribution in [-0.2, 0) is 9.59 Å². The molecular formula is C37H30N4O5S3. The Bertz CT molecular complexity index is 1950. The Morgan fingerprint density at radius 1 is 0.837 bits per heavy atom. The Balaban J connectivity index is 1.10. The topological polar surface area (TPSA) is 116 Å². The summed E-state index contributed by atoms with van der Waals surface area (Å²) in [5, 5.41) is 16.1. The molecule has 0 bridgehead atoms. The number of nitrogens with one attached hydrogen (secondary N) is 2. The molecule has 0 aliphatic carbocycles. The van der Waals surface area contributed by atoms with E-state index >= 15 is 0 Å². The zero-order valence-corrected chi connectivity index (χ0v) is 28.7. The zero-order valence-electron chi connectivity index (χ0n) is 26.3. The highest BCUT2D eigenvalue weighted by Gasteiger charge is 2.35. The van der Waals surface area contributed by atoms with Gasteiger partial charge < -0.3 is 15.5 Å². The van der Waals surface area contributed by atoms with E-state index in [1.807, 2.05) is 17.5 Å². The molecule has 1 aliphatic heterocycles. The summed E-state index contributed by atoms with van der Waals surface area (Å²) in [4.78, 5) is 68.2. The van der Waals surface area contributed by atoms with Crippen molar-refractivity contribution < 1.29 is 24.0 Å². The summed E-state index contributed by atoms with van der Waals surface area (Å²) in [6.07, 6.45) is 5.05. The third kappa shape index (κ3) is 7.87. The predicted octanol–water partition coefficient (Wildman–Crippen LogP) is 6.88. The van der Waals surface area contributed by atoms with E-state index < -0.39 is 29.8 Å². The van der Waals surface area contributed by atoms with Crippen LogP contribution in [-0.4, -0.2) is 53.1 Å². The lowest BCUT2D eigenvalue weighted by Crippen LogP contribution is -2.49. The first kappa shape index (κ1) is 33.5. The van der Waals surface area contributed by atoms with Gasteiger partial charge in [-0.1, -0.05) is 24.3 Å². The molecule has 4 heterocycles. The van der Waals surface area contributed by atoms with Crippen LogP contribution in [0.1, 0.15) is 62.0 Å². The third-order valence-electron chi connectivity index (χ3n) is 7.91. The highest BCUT2D eigenvalue weighted by Crippen LogP contribution is 2.24. The summed E-state index contributed by atoms with van der Waals surface area (Å²) in [7, 11) is 0. The molecule has 5 amide bonds. The first-order valence-electron chi connectivity index (χ1n) is 15.4. The van der Waals surface area contributed by atoms with Crippen LogP contribution in [0.15, 0.2) is 86.9 Å². The van der Waals surface area contributed by atoms with E-state index in [1.54, 1.807) is 93.3 Å². The Labute approximate surface area is 295 Å². The second kappa shape index (κ2) is 15.3. The summed E-state index contributed by atoms with van der Waals surface area (Å²) in [5.74, 6) is -1.83. The lowest BCUT2D eigenvalue weighted by Gasteiger charge is -2.24. The quantitative estimate of drug-likeness (QED) is 0.164. The maximum Gasteiger partial charge on any atom is 0.265 e. The van der Waals surface area contributed by atoms with Crippen molar-refractivity contribution in [1.29, 1.82) is 0 Å². The van der Waals surface area contributed by atoms with Gasteiger partial charge in [0.15, 0.2) is 0 Å². The summed E-state index contributed by atoms with van der Waals surface area (Å²) in [5.41, 5.74) is 3.77. The maximum absolute atomic E-state index is 13.6. The molecule has 2 atom stereocenters. The minimum absolute atomic E-state index is 0.135. The van der Waals surface area contributed by atoms with Gasteiger partial charge >= 0.3 is 0 Å². The van der Waals surface area contributed by atoms with Crippen LogP contribution in [0.3, 0.4) is 0 Å². The van der Waals surface area contributed by atoms with Gasteiger partial charge in [-0.15, -0.1) is 0 Å². The highest BCUT2D eigenvalue weighted by atomic mass is 32.1. The zero-order chi connectivity index (χ0) is 34.3.